The third-order valence-corrected chi connectivity index (χ3v) is 2.98. The van der Waals surface area contributed by atoms with E-state index in [9.17, 15) is 9.59 Å². The van der Waals surface area contributed by atoms with Gasteiger partial charge >= 0.3 is 5.97 Å². The van der Waals surface area contributed by atoms with E-state index in [2.05, 4.69) is 4.74 Å². The lowest BCUT2D eigenvalue weighted by molar-refractivity contribution is -0.154. The first kappa shape index (κ1) is 12.9. The maximum atomic E-state index is 11.4. The van der Waals surface area contributed by atoms with E-state index in [1.807, 2.05) is 17.5 Å². The third-order valence-electron chi connectivity index (χ3n) is 2.02. The Morgan fingerprint density at radius 2 is 2.25 bits per heavy atom. The van der Waals surface area contributed by atoms with Gasteiger partial charge < -0.3 is 9.47 Å². The number of ketones is 1. The van der Waals surface area contributed by atoms with E-state index in [-0.39, 0.29) is 19.1 Å². The van der Waals surface area contributed by atoms with Crippen LogP contribution in [0.1, 0.15) is 24.3 Å². The van der Waals surface area contributed by atoms with Crippen molar-refractivity contribution in [2.45, 2.75) is 19.4 Å². The lowest BCUT2D eigenvalue weighted by Gasteiger charge is -2.11. The summed E-state index contributed by atoms with van der Waals surface area (Å²) in [5, 5.41) is 1.90. The van der Waals surface area contributed by atoms with E-state index in [1.165, 1.54) is 18.4 Å². The minimum atomic E-state index is -0.791. The van der Waals surface area contributed by atoms with Crippen molar-refractivity contribution in [3.63, 3.8) is 0 Å². The molecule has 0 amide bonds. The second-order valence-corrected chi connectivity index (χ2v) is 4.07. The number of esters is 1. The standard InChI is InChI=1S/C11H14O4S/c1-3-15-11(13)8(12)7-9(14-2)10-5-4-6-16-10/h4-6,9H,3,7H2,1-2H3. The SMILES string of the molecule is CCOC(=O)C(=O)CC(OC)c1cccs1. The molecule has 1 aromatic heterocycles. The van der Waals surface area contributed by atoms with Crippen molar-refractivity contribution in [3.8, 4) is 0 Å². The van der Waals surface area contributed by atoms with Gasteiger partial charge in [-0.2, -0.15) is 0 Å². The predicted molar refractivity (Wildman–Crippen MR) is 60.3 cm³/mol. The Balaban J connectivity index is 2.57. The minimum absolute atomic E-state index is 0.0237. The van der Waals surface area contributed by atoms with Gasteiger partial charge in [0.05, 0.1) is 12.7 Å². The van der Waals surface area contributed by atoms with E-state index in [0.717, 1.165) is 4.88 Å². The van der Waals surface area contributed by atoms with Crippen molar-refractivity contribution >= 4 is 23.1 Å². The molecule has 0 aliphatic carbocycles. The highest BCUT2D eigenvalue weighted by atomic mass is 32.1. The van der Waals surface area contributed by atoms with Gasteiger partial charge in [-0.1, -0.05) is 6.07 Å². The molecule has 0 aromatic carbocycles. The highest BCUT2D eigenvalue weighted by molar-refractivity contribution is 7.10. The lowest BCUT2D eigenvalue weighted by atomic mass is 10.1. The Hall–Kier alpha value is -1.20. The van der Waals surface area contributed by atoms with Gasteiger partial charge in [-0.25, -0.2) is 4.79 Å². The average Bonchev–Trinajstić information content (AvgIpc) is 2.79. The molecule has 1 rings (SSSR count). The molecule has 0 N–H and O–H groups in total. The van der Waals surface area contributed by atoms with Crippen molar-refractivity contribution in [2.75, 3.05) is 13.7 Å². The van der Waals surface area contributed by atoms with Crippen LogP contribution in [-0.4, -0.2) is 25.5 Å². The first-order chi connectivity index (χ1) is 7.69. The van der Waals surface area contributed by atoms with Gasteiger partial charge in [0.2, 0.25) is 5.78 Å². The van der Waals surface area contributed by atoms with Gasteiger partial charge in [0.1, 0.15) is 0 Å². The topological polar surface area (TPSA) is 52.6 Å². The molecular weight excluding hydrogens is 228 g/mol. The fourth-order valence-electron chi connectivity index (χ4n) is 1.24. The van der Waals surface area contributed by atoms with Crippen LogP contribution in [-0.2, 0) is 19.1 Å². The van der Waals surface area contributed by atoms with Crippen LogP contribution in [0.2, 0.25) is 0 Å². The predicted octanol–water partition coefficient (Wildman–Crippen LogP) is 1.96. The smallest absolute Gasteiger partial charge is 0.374 e. The average molecular weight is 242 g/mol. The molecule has 0 radical (unpaired) electrons. The zero-order valence-electron chi connectivity index (χ0n) is 9.26. The molecule has 0 saturated heterocycles. The summed E-state index contributed by atoms with van der Waals surface area (Å²) in [6.07, 6.45) is -0.340. The molecule has 5 heteroatoms. The van der Waals surface area contributed by atoms with Gasteiger partial charge in [0.15, 0.2) is 0 Å². The van der Waals surface area contributed by atoms with Gasteiger partial charge in [0, 0.05) is 18.4 Å². The fraction of sp³-hybridized carbons (Fsp3) is 0.455. The zero-order valence-corrected chi connectivity index (χ0v) is 10.1. The number of Topliss-reactive ketones (excluding diaryl/α,β-unsaturated/α-hetero) is 1. The van der Waals surface area contributed by atoms with Crippen LogP contribution in [0, 0.1) is 0 Å². The molecule has 1 aromatic rings. The van der Waals surface area contributed by atoms with Crippen LogP contribution in [0.4, 0.5) is 0 Å². The van der Waals surface area contributed by atoms with Crippen LogP contribution >= 0.6 is 11.3 Å². The number of hydrogen-bond donors (Lipinski definition) is 0. The van der Waals surface area contributed by atoms with Gasteiger partial charge in [-0.15, -0.1) is 11.3 Å². The first-order valence-corrected chi connectivity index (χ1v) is 5.83. The minimum Gasteiger partial charge on any atom is -0.460 e. The van der Waals surface area contributed by atoms with Crippen LogP contribution in [0.3, 0.4) is 0 Å². The number of ether oxygens (including phenoxy) is 2. The molecule has 0 aliphatic heterocycles. The highest BCUT2D eigenvalue weighted by Crippen LogP contribution is 2.25. The molecule has 16 heavy (non-hydrogen) atoms. The van der Waals surface area contributed by atoms with Crippen LogP contribution < -0.4 is 0 Å². The highest BCUT2D eigenvalue weighted by Gasteiger charge is 2.22. The first-order valence-electron chi connectivity index (χ1n) is 4.95. The van der Waals surface area contributed by atoms with Crippen molar-refractivity contribution in [2.24, 2.45) is 0 Å². The van der Waals surface area contributed by atoms with Gasteiger partial charge in [-0.3, -0.25) is 4.79 Å². The molecule has 0 aliphatic rings. The molecule has 0 bridgehead atoms. The Morgan fingerprint density at radius 1 is 1.50 bits per heavy atom. The monoisotopic (exact) mass is 242 g/mol. The summed E-state index contributed by atoms with van der Waals surface area (Å²) in [4.78, 5) is 23.5. The number of hydrogen-bond acceptors (Lipinski definition) is 5. The second-order valence-electron chi connectivity index (χ2n) is 3.09. The van der Waals surface area contributed by atoms with E-state index in [1.54, 1.807) is 6.92 Å². The van der Waals surface area contributed by atoms with Crippen LogP contribution in [0.25, 0.3) is 0 Å². The second kappa shape index (κ2) is 6.40. The molecular formula is C11H14O4S. The molecule has 1 atom stereocenters. The van der Waals surface area contributed by atoms with E-state index in [0.29, 0.717) is 0 Å². The summed E-state index contributed by atoms with van der Waals surface area (Å²) in [6.45, 7) is 1.87. The van der Waals surface area contributed by atoms with Gasteiger partial charge in [0.25, 0.3) is 0 Å². The zero-order chi connectivity index (χ0) is 12.0. The quantitative estimate of drug-likeness (QED) is 0.565. The van der Waals surface area contributed by atoms with E-state index in [4.69, 9.17) is 4.74 Å². The Kier molecular flexibility index (Phi) is 5.14. The fourth-order valence-corrected chi connectivity index (χ4v) is 2.04. The summed E-state index contributed by atoms with van der Waals surface area (Å²) in [5.74, 6) is -1.34. The van der Waals surface area contributed by atoms with Crippen molar-refractivity contribution < 1.29 is 19.1 Å². The lowest BCUT2D eigenvalue weighted by Crippen LogP contribution is -2.20. The summed E-state index contributed by atoms with van der Waals surface area (Å²) >= 11 is 1.49. The molecule has 88 valence electrons. The van der Waals surface area contributed by atoms with Crippen molar-refractivity contribution in [1.82, 2.24) is 0 Å². The van der Waals surface area contributed by atoms with E-state index >= 15 is 0 Å². The molecule has 1 unspecified atom stereocenters. The Labute approximate surface area is 98.2 Å². The summed E-state index contributed by atoms with van der Waals surface area (Å²) in [5.41, 5.74) is 0. The Morgan fingerprint density at radius 3 is 2.75 bits per heavy atom. The van der Waals surface area contributed by atoms with Crippen molar-refractivity contribution in [3.05, 3.63) is 22.4 Å². The summed E-state index contributed by atoms with van der Waals surface area (Å²) in [6, 6.07) is 3.75. The largest absolute Gasteiger partial charge is 0.460 e. The molecule has 0 fully saturated rings. The molecule has 4 nitrogen and oxygen atoms in total. The maximum Gasteiger partial charge on any atom is 0.374 e. The van der Waals surface area contributed by atoms with Crippen LogP contribution in [0.15, 0.2) is 17.5 Å². The van der Waals surface area contributed by atoms with Gasteiger partial charge in [-0.05, 0) is 18.4 Å². The number of methoxy groups -OCH3 is 1. The molecule has 1 heterocycles. The Bertz CT molecular complexity index is 345. The number of rotatable bonds is 6. The van der Waals surface area contributed by atoms with Crippen molar-refractivity contribution in [1.29, 1.82) is 0 Å². The molecule has 0 spiro atoms. The number of carbonyl (C=O) groups is 2. The summed E-state index contributed by atoms with van der Waals surface area (Å²) < 4.78 is 9.80. The maximum absolute atomic E-state index is 11.4. The third kappa shape index (κ3) is 3.43. The molecule has 0 saturated carbocycles. The number of thiophene rings is 1. The van der Waals surface area contributed by atoms with Crippen LogP contribution in [0.5, 0.6) is 0 Å². The normalized spacial score (nSPS) is 12.1. The van der Waals surface area contributed by atoms with E-state index < -0.39 is 11.8 Å². The number of carbonyl (C=O) groups excluding carboxylic acids is 2. The summed E-state index contributed by atoms with van der Waals surface area (Å²) in [7, 11) is 1.52.